The van der Waals surface area contributed by atoms with Crippen LogP contribution in [0.25, 0.3) is 11.1 Å². The molecule has 31 heavy (non-hydrogen) atoms. The number of carboxylic acids is 1. The number of ether oxygens (including phenoxy) is 1. The summed E-state index contributed by atoms with van der Waals surface area (Å²) < 4.78 is 6.02. The van der Waals surface area contributed by atoms with Gasteiger partial charge in [-0.05, 0) is 59.9 Å². The van der Waals surface area contributed by atoms with Crippen molar-refractivity contribution in [3.8, 4) is 16.2 Å². The highest BCUT2D eigenvalue weighted by Gasteiger charge is 2.22. The van der Waals surface area contributed by atoms with E-state index in [4.69, 9.17) is 4.74 Å². The largest absolute Gasteiger partial charge is 0.481 e. The summed E-state index contributed by atoms with van der Waals surface area (Å²) in [5.74, 6) is -1.24. The molecule has 158 valence electrons. The van der Waals surface area contributed by atoms with Crippen LogP contribution in [0.2, 0.25) is 0 Å². The van der Waals surface area contributed by atoms with Gasteiger partial charge in [0.1, 0.15) is 6.61 Å². The first-order valence-corrected chi connectivity index (χ1v) is 10.8. The number of thiophene rings is 1. The van der Waals surface area contributed by atoms with E-state index < -0.39 is 5.97 Å². The number of H-pyrrole nitrogens is 1. The van der Waals surface area contributed by atoms with Gasteiger partial charge in [0, 0.05) is 10.8 Å². The highest BCUT2D eigenvalue weighted by atomic mass is 32.1. The number of aromatic nitrogens is 3. The van der Waals surface area contributed by atoms with E-state index >= 15 is 0 Å². The third-order valence-electron chi connectivity index (χ3n) is 5.19. The van der Waals surface area contributed by atoms with Crippen LogP contribution < -0.4 is 4.74 Å². The number of hydrogen-bond acceptors (Lipinski definition) is 5. The van der Waals surface area contributed by atoms with Crippen LogP contribution in [0.5, 0.6) is 5.06 Å². The molecule has 0 fully saturated rings. The first-order chi connectivity index (χ1) is 15.0. The van der Waals surface area contributed by atoms with Gasteiger partial charge in [0.15, 0.2) is 5.06 Å². The Kier molecular flexibility index (Phi) is 6.13. The number of carboxylic acid groups (broad SMARTS) is 1. The number of nitrogens with one attached hydrogen (secondary N) is 1. The molecule has 2 aromatic heterocycles. The van der Waals surface area contributed by atoms with E-state index in [2.05, 4.69) is 59.6 Å². The topological polar surface area (TPSA) is 88.1 Å². The Morgan fingerprint density at radius 3 is 2.61 bits per heavy atom. The van der Waals surface area contributed by atoms with Crippen LogP contribution in [0.1, 0.15) is 39.6 Å². The molecule has 0 aliphatic heterocycles. The lowest BCUT2D eigenvalue weighted by Gasteiger charge is -2.12. The average molecular weight is 434 g/mol. The number of carbonyl (C=O) groups is 1. The summed E-state index contributed by atoms with van der Waals surface area (Å²) in [5.41, 5.74) is 6.62. The first kappa shape index (κ1) is 20.8. The molecule has 0 saturated heterocycles. The molecule has 0 aliphatic rings. The van der Waals surface area contributed by atoms with Crippen molar-refractivity contribution in [2.45, 2.75) is 32.8 Å². The number of aryl methyl sites for hydroxylation is 2. The number of rotatable bonds is 8. The lowest BCUT2D eigenvalue weighted by Crippen LogP contribution is -2.07. The predicted molar refractivity (Wildman–Crippen MR) is 120 cm³/mol. The van der Waals surface area contributed by atoms with E-state index in [-0.39, 0.29) is 12.3 Å². The van der Waals surface area contributed by atoms with Gasteiger partial charge in [0.05, 0.1) is 18.3 Å². The standard InChI is InChI=1S/C24H23N3O3S/c1-15-5-3-6-16(2)24(15)18-8-4-7-17(11-18)14-30-23-10-9-21(31-23)19(12-22(28)29)20-13-25-27-26-20/h3-11,13,19H,12,14H2,1-2H3,(H,28,29)(H,25,26,27). The lowest BCUT2D eigenvalue weighted by molar-refractivity contribution is -0.137. The van der Waals surface area contributed by atoms with Crippen LogP contribution in [-0.4, -0.2) is 26.5 Å². The van der Waals surface area contributed by atoms with E-state index in [0.717, 1.165) is 15.5 Å². The fourth-order valence-electron chi connectivity index (χ4n) is 3.74. The highest BCUT2D eigenvalue weighted by molar-refractivity contribution is 7.13. The van der Waals surface area contributed by atoms with E-state index in [9.17, 15) is 9.90 Å². The van der Waals surface area contributed by atoms with Crippen molar-refractivity contribution in [1.29, 1.82) is 0 Å². The molecule has 2 N–H and O–H groups in total. The second kappa shape index (κ2) is 9.14. The third-order valence-corrected chi connectivity index (χ3v) is 6.30. The maximum Gasteiger partial charge on any atom is 0.304 e. The second-order valence-corrected chi connectivity index (χ2v) is 8.54. The summed E-state index contributed by atoms with van der Waals surface area (Å²) in [6.07, 6.45) is 1.51. The molecule has 1 unspecified atom stereocenters. The van der Waals surface area contributed by atoms with Crippen LogP contribution in [0.3, 0.4) is 0 Å². The van der Waals surface area contributed by atoms with Gasteiger partial charge in [-0.2, -0.15) is 15.4 Å². The molecule has 0 amide bonds. The van der Waals surface area contributed by atoms with Crippen LogP contribution in [0.15, 0.2) is 60.8 Å². The van der Waals surface area contributed by atoms with Crippen molar-refractivity contribution in [3.63, 3.8) is 0 Å². The molecule has 0 bridgehead atoms. The zero-order chi connectivity index (χ0) is 21.8. The smallest absolute Gasteiger partial charge is 0.304 e. The molecule has 1 atom stereocenters. The molecule has 0 aliphatic carbocycles. The van der Waals surface area contributed by atoms with Crippen molar-refractivity contribution >= 4 is 17.3 Å². The first-order valence-electron chi connectivity index (χ1n) is 9.97. The average Bonchev–Trinajstić information content (AvgIpc) is 3.43. The molecule has 2 aromatic carbocycles. The Hall–Kier alpha value is -3.45. The predicted octanol–water partition coefficient (Wildman–Crippen LogP) is 5.34. The fourth-order valence-corrected chi connectivity index (χ4v) is 4.71. The van der Waals surface area contributed by atoms with Crippen molar-refractivity contribution < 1.29 is 14.6 Å². The fraction of sp³-hybridized carbons (Fsp3) is 0.208. The van der Waals surface area contributed by atoms with Gasteiger partial charge < -0.3 is 9.84 Å². The Bertz CT molecular complexity index is 1160. The van der Waals surface area contributed by atoms with Gasteiger partial charge >= 0.3 is 5.97 Å². The SMILES string of the molecule is Cc1cccc(C)c1-c1cccc(COc2ccc(C(CC(=O)O)c3cn[nH]n3)s2)c1. The normalized spacial score (nSPS) is 11.9. The Labute approximate surface area is 184 Å². The summed E-state index contributed by atoms with van der Waals surface area (Å²) >= 11 is 1.44. The van der Waals surface area contributed by atoms with E-state index in [1.807, 2.05) is 24.3 Å². The maximum atomic E-state index is 11.3. The molecule has 6 nitrogen and oxygen atoms in total. The van der Waals surface area contributed by atoms with Crippen LogP contribution in [0, 0.1) is 13.8 Å². The number of aromatic amines is 1. The Morgan fingerprint density at radius 1 is 1.13 bits per heavy atom. The number of hydrogen-bond donors (Lipinski definition) is 2. The van der Waals surface area contributed by atoms with E-state index in [0.29, 0.717) is 12.3 Å². The minimum absolute atomic E-state index is 0.0513. The molecule has 0 radical (unpaired) electrons. The van der Waals surface area contributed by atoms with Crippen LogP contribution >= 0.6 is 11.3 Å². The monoisotopic (exact) mass is 433 g/mol. The zero-order valence-electron chi connectivity index (χ0n) is 17.3. The Balaban J connectivity index is 1.50. The summed E-state index contributed by atoms with van der Waals surface area (Å²) in [6, 6.07) is 18.5. The van der Waals surface area contributed by atoms with Gasteiger partial charge in [-0.3, -0.25) is 4.79 Å². The van der Waals surface area contributed by atoms with Gasteiger partial charge in [-0.1, -0.05) is 36.4 Å². The quantitative estimate of drug-likeness (QED) is 0.392. The molecule has 4 aromatic rings. The lowest BCUT2D eigenvalue weighted by atomic mass is 9.95. The van der Waals surface area contributed by atoms with Crippen molar-refractivity contribution in [2.24, 2.45) is 0 Å². The van der Waals surface area contributed by atoms with E-state index in [1.165, 1.54) is 33.6 Å². The van der Waals surface area contributed by atoms with Gasteiger partial charge in [0.25, 0.3) is 0 Å². The summed E-state index contributed by atoms with van der Waals surface area (Å²) in [7, 11) is 0. The summed E-state index contributed by atoms with van der Waals surface area (Å²) in [4.78, 5) is 12.2. The Morgan fingerprint density at radius 2 is 1.90 bits per heavy atom. The molecule has 0 spiro atoms. The minimum Gasteiger partial charge on any atom is -0.481 e. The molecule has 4 rings (SSSR count). The van der Waals surface area contributed by atoms with Crippen LogP contribution in [0.4, 0.5) is 0 Å². The zero-order valence-corrected chi connectivity index (χ0v) is 18.1. The highest BCUT2D eigenvalue weighted by Crippen LogP contribution is 2.36. The molecular formula is C24H23N3O3S. The van der Waals surface area contributed by atoms with Crippen molar-refractivity contribution in [3.05, 3.63) is 88.1 Å². The van der Waals surface area contributed by atoms with E-state index in [1.54, 1.807) is 6.20 Å². The summed E-state index contributed by atoms with van der Waals surface area (Å²) in [6.45, 7) is 4.69. The molecule has 0 saturated carbocycles. The van der Waals surface area contributed by atoms with Gasteiger partial charge in [-0.15, -0.1) is 11.3 Å². The van der Waals surface area contributed by atoms with Crippen LogP contribution in [-0.2, 0) is 11.4 Å². The molecule has 2 heterocycles. The van der Waals surface area contributed by atoms with Crippen molar-refractivity contribution in [2.75, 3.05) is 0 Å². The van der Waals surface area contributed by atoms with Gasteiger partial charge in [0.2, 0.25) is 0 Å². The minimum atomic E-state index is -0.882. The number of nitrogens with zero attached hydrogens (tertiary/aromatic N) is 2. The van der Waals surface area contributed by atoms with Crippen molar-refractivity contribution in [1.82, 2.24) is 15.4 Å². The number of benzene rings is 2. The molecular weight excluding hydrogens is 410 g/mol. The van der Waals surface area contributed by atoms with Gasteiger partial charge in [-0.25, -0.2) is 0 Å². The summed E-state index contributed by atoms with van der Waals surface area (Å²) in [5, 5.41) is 20.4. The third kappa shape index (κ3) is 4.83. The second-order valence-electron chi connectivity index (χ2n) is 7.46. The number of aliphatic carboxylic acids is 1. The molecule has 7 heteroatoms. The maximum absolute atomic E-state index is 11.3.